The number of nitrogens with one attached hydrogen (secondary N) is 1. The number of aromatic nitrogens is 1. The Bertz CT molecular complexity index is 1080. The summed E-state index contributed by atoms with van der Waals surface area (Å²) in [7, 11) is 0. The number of nitriles is 1. The highest BCUT2D eigenvalue weighted by molar-refractivity contribution is 9.10. The van der Waals surface area contributed by atoms with Crippen molar-refractivity contribution in [1.29, 1.82) is 5.26 Å². The lowest BCUT2D eigenvalue weighted by Gasteiger charge is -2.42. The molecule has 3 atom stereocenters. The first kappa shape index (κ1) is 22.6. The van der Waals surface area contributed by atoms with Crippen LogP contribution in [0.25, 0.3) is 0 Å². The molecule has 8 heteroatoms. The van der Waals surface area contributed by atoms with Crippen LogP contribution in [0.2, 0.25) is 5.02 Å². The van der Waals surface area contributed by atoms with E-state index in [2.05, 4.69) is 50.2 Å². The molecule has 3 fully saturated rings. The molecule has 5 rings (SSSR count). The molecule has 6 nitrogen and oxygen atoms in total. The molecule has 2 aliphatic heterocycles. The molecule has 3 aliphatic rings. The van der Waals surface area contributed by atoms with Crippen molar-refractivity contribution >= 4 is 39.3 Å². The molecular formula is C25H27BrClN5O. The van der Waals surface area contributed by atoms with E-state index in [0.717, 1.165) is 47.7 Å². The molecule has 1 N–H and O–H groups in total. The Labute approximate surface area is 208 Å². The van der Waals surface area contributed by atoms with E-state index in [4.69, 9.17) is 16.9 Å². The number of benzene rings is 1. The van der Waals surface area contributed by atoms with Crippen LogP contribution >= 0.6 is 27.5 Å². The van der Waals surface area contributed by atoms with E-state index in [0.29, 0.717) is 24.4 Å². The van der Waals surface area contributed by atoms with Gasteiger partial charge in [0.15, 0.2) is 0 Å². The number of anilines is 1. The third kappa shape index (κ3) is 4.49. The van der Waals surface area contributed by atoms with E-state index in [1.54, 1.807) is 6.20 Å². The number of likely N-dealkylation sites (tertiary alicyclic amines) is 1. The second-order valence-electron chi connectivity index (χ2n) is 9.57. The van der Waals surface area contributed by atoms with Gasteiger partial charge in [-0.05, 0) is 61.1 Å². The van der Waals surface area contributed by atoms with Crippen molar-refractivity contribution in [3.8, 4) is 6.07 Å². The monoisotopic (exact) mass is 527 g/mol. The lowest BCUT2D eigenvalue weighted by atomic mass is 10.0. The van der Waals surface area contributed by atoms with Gasteiger partial charge in [-0.25, -0.2) is 4.98 Å². The molecule has 0 radical (unpaired) electrons. The Balaban J connectivity index is 1.19. The molecule has 172 valence electrons. The quantitative estimate of drug-likeness (QED) is 0.599. The predicted molar refractivity (Wildman–Crippen MR) is 132 cm³/mol. The van der Waals surface area contributed by atoms with Gasteiger partial charge in [-0.15, -0.1) is 0 Å². The smallest absolute Gasteiger partial charge is 0.223 e. The van der Waals surface area contributed by atoms with Gasteiger partial charge in [-0.1, -0.05) is 34.5 Å². The van der Waals surface area contributed by atoms with Gasteiger partial charge in [-0.3, -0.25) is 4.79 Å². The summed E-state index contributed by atoms with van der Waals surface area (Å²) in [6.45, 7) is 4.38. The van der Waals surface area contributed by atoms with Crippen molar-refractivity contribution in [3.63, 3.8) is 0 Å². The summed E-state index contributed by atoms with van der Waals surface area (Å²) in [5.41, 5.74) is 1.70. The van der Waals surface area contributed by atoms with Crippen LogP contribution < -0.4 is 10.2 Å². The first-order chi connectivity index (χ1) is 15.9. The Kier molecular flexibility index (Phi) is 6.11. The SMILES string of the molecule is C[C@H]1CC2CN(C(=O)CCNC3(c4cc(Cl)cc(Br)c4)CC3)CC1N2c1ccc(C#N)cn1. The molecule has 33 heavy (non-hydrogen) atoms. The fraction of sp³-hybridized carbons (Fsp3) is 0.480. The summed E-state index contributed by atoms with van der Waals surface area (Å²) in [5.74, 6) is 1.62. The van der Waals surface area contributed by atoms with E-state index in [1.807, 2.05) is 29.2 Å². The van der Waals surface area contributed by atoms with Crippen LogP contribution in [0.1, 0.15) is 43.7 Å². The zero-order valence-corrected chi connectivity index (χ0v) is 20.9. The van der Waals surface area contributed by atoms with Crippen molar-refractivity contribution < 1.29 is 4.79 Å². The highest BCUT2D eigenvalue weighted by Crippen LogP contribution is 2.46. The van der Waals surface area contributed by atoms with Crippen molar-refractivity contribution in [2.24, 2.45) is 5.92 Å². The summed E-state index contributed by atoms with van der Waals surface area (Å²) >= 11 is 9.78. The second-order valence-corrected chi connectivity index (χ2v) is 10.9. The molecule has 1 aliphatic carbocycles. The lowest BCUT2D eigenvalue weighted by molar-refractivity contribution is -0.132. The van der Waals surface area contributed by atoms with E-state index < -0.39 is 0 Å². The second kappa shape index (κ2) is 8.90. The Morgan fingerprint density at radius 3 is 2.79 bits per heavy atom. The summed E-state index contributed by atoms with van der Waals surface area (Å²) < 4.78 is 0.980. The van der Waals surface area contributed by atoms with Gasteiger partial charge >= 0.3 is 0 Å². The van der Waals surface area contributed by atoms with Crippen molar-refractivity contribution in [3.05, 3.63) is 57.2 Å². The molecule has 1 amide bonds. The van der Waals surface area contributed by atoms with E-state index in [-0.39, 0.29) is 23.5 Å². The molecule has 1 aromatic carbocycles. The molecule has 2 saturated heterocycles. The Hall–Kier alpha value is -2.14. The molecule has 2 bridgehead atoms. The average Bonchev–Trinajstić information content (AvgIpc) is 3.55. The Morgan fingerprint density at radius 1 is 1.33 bits per heavy atom. The summed E-state index contributed by atoms with van der Waals surface area (Å²) in [6.07, 6.45) is 5.31. The zero-order chi connectivity index (χ0) is 23.2. The highest BCUT2D eigenvalue weighted by Gasteiger charge is 2.46. The van der Waals surface area contributed by atoms with Crippen molar-refractivity contribution in [1.82, 2.24) is 15.2 Å². The normalized spacial score (nSPS) is 25.1. The Morgan fingerprint density at radius 2 is 2.15 bits per heavy atom. The van der Waals surface area contributed by atoms with Gasteiger partial charge in [0.1, 0.15) is 11.9 Å². The molecule has 1 saturated carbocycles. The number of carbonyl (C=O) groups excluding carboxylic acids is 1. The predicted octanol–water partition coefficient (Wildman–Crippen LogP) is 4.46. The van der Waals surface area contributed by atoms with Crippen molar-refractivity contribution in [2.75, 3.05) is 24.5 Å². The van der Waals surface area contributed by atoms with Gasteiger partial charge < -0.3 is 15.1 Å². The lowest BCUT2D eigenvalue weighted by Crippen LogP contribution is -2.56. The fourth-order valence-electron chi connectivity index (χ4n) is 5.48. The van der Waals surface area contributed by atoms with Crippen molar-refractivity contribution in [2.45, 2.75) is 50.2 Å². The number of hydrogen-bond donors (Lipinski definition) is 1. The standard InChI is InChI=1S/C25H27BrClN5O/c1-16-8-21-14-31(15-22(16)32(21)23-3-2-17(12-28)13-29-23)24(33)4-7-30-25(5-6-25)18-9-19(26)11-20(27)10-18/h2-3,9-11,13,16,21-22,30H,4-8,14-15H2,1H3/t16-,21?,22?/m0/s1. The number of nitrogens with zero attached hydrogens (tertiary/aromatic N) is 4. The maximum atomic E-state index is 13.1. The van der Waals surface area contributed by atoms with Crippen LogP contribution in [0.4, 0.5) is 5.82 Å². The van der Waals surface area contributed by atoms with Crippen LogP contribution in [0.3, 0.4) is 0 Å². The largest absolute Gasteiger partial charge is 0.347 e. The zero-order valence-electron chi connectivity index (χ0n) is 18.6. The molecule has 0 spiro atoms. The molecule has 2 unspecified atom stereocenters. The number of hydrogen-bond acceptors (Lipinski definition) is 5. The first-order valence-corrected chi connectivity index (χ1v) is 12.7. The van der Waals surface area contributed by atoms with E-state index in [9.17, 15) is 4.79 Å². The number of halogens is 2. The fourth-order valence-corrected chi connectivity index (χ4v) is 6.35. The van der Waals surface area contributed by atoms with Gasteiger partial charge in [0.05, 0.1) is 11.6 Å². The van der Waals surface area contributed by atoms with Gasteiger partial charge in [-0.2, -0.15) is 5.26 Å². The molecule has 2 aromatic rings. The number of piperazine rings is 1. The molecule has 3 heterocycles. The maximum absolute atomic E-state index is 13.1. The van der Waals surface area contributed by atoms with E-state index in [1.165, 1.54) is 5.56 Å². The highest BCUT2D eigenvalue weighted by atomic mass is 79.9. The van der Waals surface area contributed by atoms with Gasteiger partial charge in [0.2, 0.25) is 5.91 Å². The first-order valence-electron chi connectivity index (χ1n) is 11.5. The number of pyridine rings is 1. The minimum absolute atomic E-state index is 0.0544. The number of carbonyl (C=O) groups is 1. The minimum Gasteiger partial charge on any atom is -0.347 e. The average molecular weight is 529 g/mol. The molecular weight excluding hydrogens is 502 g/mol. The summed E-state index contributed by atoms with van der Waals surface area (Å²) in [5, 5.41) is 13.4. The molecule has 1 aromatic heterocycles. The van der Waals surface area contributed by atoms with Gasteiger partial charge in [0.25, 0.3) is 0 Å². The third-order valence-corrected chi connectivity index (χ3v) is 8.03. The van der Waals surface area contributed by atoms with Crippen LogP contribution in [0, 0.1) is 17.2 Å². The summed E-state index contributed by atoms with van der Waals surface area (Å²) in [6, 6.07) is 12.4. The van der Waals surface area contributed by atoms with Crippen LogP contribution in [0.15, 0.2) is 41.0 Å². The number of rotatable bonds is 6. The van der Waals surface area contributed by atoms with Gasteiger partial charge in [0, 0.05) is 53.3 Å². The maximum Gasteiger partial charge on any atom is 0.223 e. The number of amides is 1. The van der Waals surface area contributed by atoms with Crippen LogP contribution in [0.5, 0.6) is 0 Å². The van der Waals surface area contributed by atoms with Crippen LogP contribution in [-0.4, -0.2) is 47.5 Å². The third-order valence-electron chi connectivity index (χ3n) is 7.35. The minimum atomic E-state index is -0.0544. The van der Waals surface area contributed by atoms with Crippen LogP contribution in [-0.2, 0) is 10.3 Å². The topological polar surface area (TPSA) is 72.3 Å². The number of fused-ring (bicyclic) bond motifs is 2. The van der Waals surface area contributed by atoms with E-state index >= 15 is 0 Å². The summed E-state index contributed by atoms with van der Waals surface area (Å²) in [4.78, 5) is 22.0.